The van der Waals surface area contributed by atoms with Gasteiger partial charge in [-0.25, -0.2) is 0 Å². The van der Waals surface area contributed by atoms with Crippen molar-refractivity contribution in [2.45, 2.75) is 6.29 Å². The van der Waals surface area contributed by atoms with Crippen LogP contribution in [0.2, 0.25) is 15.1 Å². The molecule has 2 aromatic rings. The third-order valence-electron chi connectivity index (χ3n) is 3.13. The standard InChI is InChI=1S/C17H15Cl3O2/c1-21-17(22-2)15(11-3-6-13(18)7-4-11)9-12-5-8-14(19)10-16(12)20/h3-10,17H,1-2H3. The number of ether oxygens (including phenoxy) is 2. The van der Waals surface area contributed by atoms with Crippen molar-refractivity contribution in [3.63, 3.8) is 0 Å². The minimum absolute atomic E-state index is 0.520. The quantitative estimate of drug-likeness (QED) is 0.497. The molecule has 0 spiro atoms. The van der Waals surface area contributed by atoms with Gasteiger partial charge in [-0.3, -0.25) is 0 Å². The zero-order valence-electron chi connectivity index (χ0n) is 12.1. The molecule has 22 heavy (non-hydrogen) atoms. The fourth-order valence-electron chi connectivity index (χ4n) is 2.07. The Morgan fingerprint density at radius 1 is 0.909 bits per heavy atom. The maximum Gasteiger partial charge on any atom is 0.183 e. The Balaban J connectivity index is 2.52. The second-order valence-corrected chi connectivity index (χ2v) is 5.86. The summed E-state index contributed by atoms with van der Waals surface area (Å²) in [5, 5.41) is 1.81. The zero-order valence-corrected chi connectivity index (χ0v) is 14.4. The van der Waals surface area contributed by atoms with Gasteiger partial charge in [-0.05, 0) is 41.5 Å². The number of rotatable bonds is 5. The predicted octanol–water partition coefficient (Wildman–Crippen LogP) is 5.81. The summed E-state index contributed by atoms with van der Waals surface area (Å²) in [5.41, 5.74) is 2.60. The van der Waals surface area contributed by atoms with Crippen LogP contribution in [0.4, 0.5) is 0 Å². The normalized spacial score (nSPS) is 12.0. The van der Waals surface area contributed by atoms with E-state index in [2.05, 4.69) is 0 Å². The number of hydrogen-bond donors (Lipinski definition) is 0. The fourth-order valence-corrected chi connectivity index (χ4v) is 2.66. The molecular weight excluding hydrogens is 343 g/mol. The molecular formula is C17H15Cl3O2. The Morgan fingerprint density at radius 2 is 1.50 bits per heavy atom. The van der Waals surface area contributed by atoms with Gasteiger partial charge in [0.2, 0.25) is 0 Å². The van der Waals surface area contributed by atoms with Crippen LogP contribution >= 0.6 is 34.8 Å². The highest BCUT2D eigenvalue weighted by atomic mass is 35.5. The number of benzene rings is 2. The predicted molar refractivity (Wildman–Crippen MR) is 93.6 cm³/mol. The Bertz CT molecular complexity index is 662. The number of methoxy groups -OCH3 is 2. The third-order valence-corrected chi connectivity index (χ3v) is 3.95. The second-order valence-electron chi connectivity index (χ2n) is 4.58. The first-order valence-electron chi connectivity index (χ1n) is 6.53. The van der Waals surface area contributed by atoms with Gasteiger partial charge in [0.25, 0.3) is 0 Å². The molecule has 0 aliphatic heterocycles. The molecule has 0 amide bonds. The average Bonchev–Trinajstić information content (AvgIpc) is 2.50. The van der Waals surface area contributed by atoms with Crippen molar-refractivity contribution >= 4 is 46.5 Å². The van der Waals surface area contributed by atoms with Crippen molar-refractivity contribution in [3.05, 3.63) is 68.7 Å². The van der Waals surface area contributed by atoms with E-state index in [9.17, 15) is 0 Å². The summed E-state index contributed by atoms with van der Waals surface area (Å²) in [4.78, 5) is 0. The van der Waals surface area contributed by atoms with Crippen LogP contribution in [0.3, 0.4) is 0 Å². The third kappa shape index (κ3) is 4.25. The van der Waals surface area contributed by atoms with Gasteiger partial charge in [0.15, 0.2) is 6.29 Å². The molecule has 116 valence electrons. The minimum Gasteiger partial charge on any atom is -0.352 e. The zero-order chi connectivity index (χ0) is 16.1. The van der Waals surface area contributed by atoms with Crippen LogP contribution < -0.4 is 0 Å². The maximum atomic E-state index is 6.25. The Kier molecular flexibility index (Phi) is 6.30. The molecule has 0 fully saturated rings. The highest BCUT2D eigenvalue weighted by Gasteiger charge is 2.15. The van der Waals surface area contributed by atoms with Gasteiger partial charge < -0.3 is 9.47 Å². The van der Waals surface area contributed by atoms with E-state index in [1.807, 2.05) is 36.4 Å². The summed E-state index contributed by atoms with van der Waals surface area (Å²) >= 11 is 18.1. The monoisotopic (exact) mass is 356 g/mol. The SMILES string of the molecule is COC(OC)C(=Cc1ccc(Cl)cc1Cl)c1ccc(Cl)cc1. The van der Waals surface area contributed by atoms with Gasteiger partial charge in [-0.1, -0.05) is 53.0 Å². The molecule has 2 nitrogen and oxygen atoms in total. The van der Waals surface area contributed by atoms with Gasteiger partial charge in [0, 0.05) is 34.9 Å². The summed E-state index contributed by atoms with van der Waals surface area (Å²) in [6.07, 6.45) is 1.40. The van der Waals surface area contributed by atoms with Crippen LogP contribution in [0.25, 0.3) is 11.6 Å². The molecule has 5 heteroatoms. The van der Waals surface area contributed by atoms with E-state index in [1.54, 1.807) is 26.4 Å². The van der Waals surface area contributed by atoms with Crippen molar-refractivity contribution in [2.24, 2.45) is 0 Å². The van der Waals surface area contributed by atoms with E-state index >= 15 is 0 Å². The van der Waals surface area contributed by atoms with E-state index in [0.717, 1.165) is 16.7 Å². The lowest BCUT2D eigenvalue weighted by Crippen LogP contribution is -2.15. The molecule has 2 rings (SSSR count). The van der Waals surface area contributed by atoms with Crippen LogP contribution in [-0.2, 0) is 9.47 Å². The van der Waals surface area contributed by atoms with Crippen LogP contribution in [-0.4, -0.2) is 20.5 Å². The summed E-state index contributed by atoms with van der Waals surface area (Å²) in [7, 11) is 3.17. The first-order valence-corrected chi connectivity index (χ1v) is 7.66. The number of halogens is 3. The Morgan fingerprint density at radius 3 is 2.05 bits per heavy atom. The Hall–Kier alpha value is -1.03. The van der Waals surface area contributed by atoms with Crippen molar-refractivity contribution < 1.29 is 9.47 Å². The molecule has 0 N–H and O–H groups in total. The summed E-state index contributed by atoms with van der Waals surface area (Å²) in [5.74, 6) is 0. The van der Waals surface area contributed by atoms with Crippen molar-refractivity contribution in [2.75, 3.05) is 14.2 Å². The summed E-state index contributed by atoms with van der Waals surface area (Å²) in [6, 6.07) is 12.8. The Labute approximate surface area is 145 Å². The lowest BCUT2D eigenvalue weighted by Gasteiger charge is -2.18. The van der Waals surface area contributed by atoms with Gasteiger partial charge in [-0.2, -0.15) is 0 Å². The van der Waals surface area contributed by atoms with Gasteiger partial charge in [0.05, 0.1) is 0 Å². The van der Waals surface area contributed by atoms with Gasteiger partial charge >= 0.3 is 0 Å². The second kappa shape index (κ2) is 8.00. The topological polar surface area (TPSA) is 18.5 Å². The number of hydrogen-bond acceptors (Lipinski definition) is 2. The molecule has 0 atom stereocenters. The minimum atomic E-state index is -0.520. The highest BCUT2D eigenvalue weighted by molar-refractivity contribution is 6.35. The lowest BCUT2D eigenvalue weighted by atomic mass is 10.0. The smallest absolute Gasteiger partial charge is 0.183 e. The summed E-state index contributed by atoms with van der Waals surface area (Å²) in [6.45, 7) is 0. The molecule has 0 aliphatic carbocycles. The first kappa shape index (κ1) is 17.3. The van der Waals surface area contributed by atoms with Gasteiger partial charge in [-0.15, -0.1) is 0 Å². The van der Waals surface area contributed by atoms with Crippen LogP contribution in [0, 0.1) is 0 Å². The van der Waals surface area contributed by atoms with E-state index < -0.39 is 6.29 Å². The average molecular weight is 358 g/mol. The fraction of sp³-hybridized carbons (Fsp3) is 0.176. The molecule has 0 saturated carbocycles. The van der Waals surface area contributed by atoms with Gasteiger partial charge in [0.1, 0.15) is 0 Å². The molecule has 0 aliphatic rings. The largest absolute Gasteiger partial charge is 0.352 e. The van der Waals surface area contributed by atoms with Crippen molar-refractivity contribution in [3.8, 4) is 0 Å². The van der Waals surface area contributed by atoms with Crippen molar-refractivity contribution in [1.29, 1.82) is 0 Å². The molecule has 0 heterocycles. The first-order chi connectivity index (χ1) is 10.5. The van der Waals surface area contributed by atoms with E-state index in [4.69, 9.17) is 44.3 Å². The van der Waals surface area contributed by atoms with E-state index in [0.29, 0.717) is 15.1 Å². The molecule has 0 radical (unpaired) electrons. The van der Waals surface area contributed by atoms with E-state index in [-0.39, 0.29) is 0 Å². The van der Waals surface area contributed by atoms with E-state index in [1.165, 1.54) is 0 Å². The van der Waals surface area contributed by atoms with Crippen LogP contribution in [0.5, 0.6) is 0 Å². The summed E-state index contributed by atoms with van der Waals surface area (Å²) < 4.78 is 10.8. The molecule has 0 unspecified atom stereocenters. The van der Waals surface area contributed by atoms with Crippen LogP contribution in [0.15, 0.2) is 42.5 Å². The maximum absolute atomic E-state index is 6.25. The molecule has 0 aromatic heterocycles. The van der Waals surface area contributed by atoms with Crippen molar-refractivity contribution in [1.82, 2.24) is 0 Å². The lowest BCUT2D eigenvalue weighted by molar-refractivity contribution is -0.0585. The molecule has 2 aromatic carbocycles. The molecule has 0 saturated heterocycles. The molecule has 0 bridgehead atoms. The van der Waals surface area contributed by atoms with Crippen LogP contribution in [0.1, 0.15) is 11.1 Å². The highest BCUT2D eigenvalue weighted by Crippen LogP contribution is 2.29.